The first-order chi connectivity index (χ1) is 6.11. The van der Waals surface area contributed by atoms with E-state index in [-0.39, 0.29) is 0 Å². The van der Waals surface area contributed by atoms with Crippen molar-refractivity contribution in [3.05, 3.63) is 0 Å². The van der Waals surface area contributed by atoms with Crippen molar-refractivity contribution in [1.29, 1.82) is 0 Å². The lowest BCUT2D eigenvalue weighted by Crippen LogP contribution is -2.56. The van der Waals surface area contributed by atoms with Gasteiger partial charge in [-0.1, -0.05) is 0 Å². The molecule has 1 heterocycles. The summed E-state index contributed by atoms with van der Waals surface area (Å²) in [7, 11) is 0. The summed E-state index contributed by atoms with van der Waals surface area (Å²) >= 11 is 0. The zero-order valence-corrected chi connectivity index (χ0v) is 6.95. The zero-order valence-electron chi connectivity index (χ0n) is 6.95. The van der Waals surface area contributed by atoms with Gasteiger partial charge in [0.2, 0.25) is 0 Å². The minimum absolute atomic E-state index is 0.489. The topological polar surface area (TPSA) is 110 Å². The summed E-state index contributed by atoms with van der Waals surface area (Å²) in [4.78, 5) is 0. The molecule has 1 fully saturated rings. The molecule has 6 nitrogen and oxygen atoms in total. The normalized spacial score (nSPS) is 46.4. The fraction of sp³-hybridized carbons (Fsp3) is 1.00. The lowest BCUT2D eigenvalue weighted by molar-refractivity contribution is -0.274. The van der Waals surface area contributed by atoms with Gasteiger partial charge in [-0.05, 0) is 0 Å². The van der Waals surface area contributed by atoms with Crippen LogP contribution in [-0.4, -0.2) is 63.3 Å². The van der Waals surface area contributed by atoms with E-state index >= 15 is 0 Å². The Bertz CT molecular complexity index is 163. The smallest absolute Gasteiger partial charge is 0.162 e. The largest absolute Gasteiger partial charge is 0.396 e. The third-order valence-electron chi connectivity index (χ3n) is 2.24. The second-order valence-corrected chi connectivity index (χ2v) is 3.08. The van der Waals surface area contributed by atoms with E-state index < -0.39 is 43.7 Å². The molecule has 78 valence electrons. The molecular weight excluding hydrogens is 180 g/mol. The number of aliphatic hydroxyl groups is 5. The van der Waals surface area contributed by atoms with Gasteiger partial charge >= 0.3 is 0 Å². The molecule has 0 aliphatic carbocycles. The van der Waals surface area contributed by atoms with Crippen LogP contribution in [0.3, 0.4) is 0 Å². The van der Waals surface area contributed by atoms with Crippen molar-refractivity contribution in [1.82, 2.24) is 0 Å². The van der Waals surface area contributed by atoms with E-state index in [0.29, 0.717) is 0 Å². The van der Waals surface area contributed by atoms with Crippen molar-refractivity contribution in [2.75, 3.05) is 13.2 Å². The van der Waals surface area contributed by atoms with Gasteiger partial charge in [0.05, 0.1) is 25.2 Å². The van der Waals surface area contributed by atoms with E-state index in [9.17, 15) is 15.3 Å². The minimum atomic E-state index is -1.36. The fourth-order valence-electron chi connectivity index (χ4n) is 1.35. The summed E-state index contributed by atoms with van der Waals surface area (Å²) < 4.78 is 4.76. The number of rotatable bonds is 2. The van der Waals surface area contributed by atoms with Crippen molar-refractivity contribution < 1.29 is 30.3 Å². The summed E-state index contributed by atoms with van der Waals surface area (Å²) in [5, 5.41) is 45.3. The molecule has 0 aromatic carbocycles. The van der Waals surface area contributed by atoms with Crippen LogP contribution in [0, 0.1) is 5.92 Å². The van der Waals surface area contributed by atoms with E-state index in [4.69, 9.17) is 14.9 Å². The molecule has 1 saturated heterocycles. The summed E-state index contributed by atoms with van der Waals surface area (Å²) in [6.45, 7) is -0.981. The Hall–Kier alpha value is -0.240. The van der Waals surface area contributed by atoms with Gasteiger partial charge in [0.1, 0.15) is 12.2 Å². The Labute approximate surface area is 75.0 Å². The summed E-state index contributed by atoms with van der Waals surface area (Å²) in [6, 6.07) is 0. The standard InChI is InChI=1S/C7H14O6/c8-1-3-5(10)6(11)4(2-9)13-7(3)12/h3-12H,1-2H2/t3-,4+,5+,6+,7?/m0/s1. The van der Waals surface area contributed by atoms with Crippen molar-refractivity contribution in [3.8, 4) is 0 Å². The molecule has 5 N–H and O–H groups in total. The predicted molar refractivity (Wildman–Crippen MR) is 40.6 cm³/mol. The third-order valence-corrected chi connectivity index (χ3v) is 2.24. The van der Waals surface area contributed by atoms with E-state index in [0.717, 1.165) is 0 Å². The van der Waals surface area contributed by atoms with Gasteiger partial charge in [-0.15, -0.1) is 0 Å². The zero-order chi connectivity index (χ0) is 10.0. The first-order valence-electron chi connectivity index (χ1n) is 4.03. The first kappa shape index (κ1) is 10.8. The van der Waals surface area contributed by atoms with Gasteiger partial charge in [-0.3, -0.25) is 0 Å². The molecule has 13 heavy (non-hydrogen) atoms. The number of ether oxygens (including phenoxy) is 1. The lowest BCUT2D eigenvalue weighted by Gasteiger charge is -2.39. The monoisotopic (exact) mass is 194 g/mol. The maximum Gasteiger partial charge on any atom is 0.162 e. The highest BCUT2D eigenvalue weighted by atomic mass is 16.6. The highest BCUT2D eigenvalue weighted by Crippen LogP contribution is 2.24. The number of hydrogen-bond acceptors (Lipinski definition) is 6. The molecule has 0 amide bonds. The van der Waals surface area contributed by atoms with Crippen molar-refractivity contribution in [2.24, 2.45) is 5.92 Å². The molecule has 0 aromatic rings. The SMILES string of the molecule is OC[C@@H]1C(O)O[C@H](CO)[C@@H](O)[C@@H]1O. The lowest BCUT2D eigenvalue weighted by atomic mass is 9.92. The van der Waals surface area contributed by atoms with Gasteiger partial charge in [0.25, 0.3) is 0 Å². The number of aliphatic hydroxyl groups excluding tert-OH is 5. The maximum absolute atomic E-state index is 9.35. The van der Waals surface area contributed by atoms with Gasteiger partial charge in [0, 0.05) is 0 Å². The van der Waals surface area contributed by atoms with E-state index in [1.165, 1.54) is 0 Å². The summed E-state index contributed by atoms with van der Waals surface area (Å²) in [6.07, 6.45) is -4.94. The molecule has 5 atom stereocenters. The van der Waals surface area contributed by atoms with E-state index in [2.05, 4.69) is 0 Å². The molecule has 1 rings (SSSR count). The average Bonchev–Trinajstić information content (AvgIpc) is 2.12. The van der Waals surface area contributed by atoms with E-state index in [1.807, 2.05) is 0 Å². The van der Waals surface area contributed by atoms with Gasteiger partial charge < -0.3 is 30.3 Å². The van der Waals surface area contributed by atoms with Crippen LogP contribution in [0.4, 0.5) is 0 Å². The van der Waals surface area contributed by atoms with Crippen molar-refractivity contribution in [3.63, 3.8) is 0 Å². The van der Waals surface area contributed by atoms with Crippen LogP contribution < -0.4 is 0 Å². The summed E-state index contributed by atoms with van der Waals surface area (Å²) in [5.74, 6) is -0.933. The van der Waals surface area contributed by atoms with E-state index in [1.54, 1.807) is 0 Å². The molecule has 0 aromatic heterocycles. The second kappa shape index (κ2) is 4.32. The Morgan fingerprint density at radius 3 is 2.00 bits per heavy atom. The van der Waals surface area contributed by atoms with Crippen molar-refractivity contribution >= 4 is 0 Å². The molecule has 1 aliphatic rings. The van der Waals surface area contributed by atoms with Gasteiger partial charge in [-0.2, -0.15) is 0 Å². The van der Waals surface area contributed by atoms with Crippen LogP contribution >= 0.6 is 0 Å². The summed E-state index contributed by atoms with van der Waals surface area (Å²) in [5.41, 5.74) is 0. The van der Waals surface area contributed by atoms with Crippen molar-refractivity contribution in [2.45, 2.75) is 24.6 Å². The second-order valence-electron chi connectivity index (χ2n) is 3.08. The first-order valence-corrected chi connectivity index (χ1v) is 4.03. The third kappa shape index (κ3) is 1.98. The molecule has 0 radical (unpaired) electrons. The van der Waals surface area contributed by atoms with Crippen LogP contribution in [0.15, 0.2) is 0 Å². The Kier molecular flexibility index (Phi) is 3.60. The predicted octanol–water partition coefficient (Wildman–Crippen LogP) is -2.97. The highest BCUT2D eigenvalue weighted by Gasteiger charge is 2.42. The number of hydrogen-bond donors (Lipinski definition) is 5. The average molecular weight is 194 g/mol. The molecule has 0 spiro atoms. The van der Waals surface area contributed by atoms with Crippen LogP contribution in [-0.2, 0) is 4.74 Å². The molecule has 6 heteroatoms. The van der Waals surface area contributed by atoms with Crippen LogP contribution in [0.1, 0.15) is 0 Å². The van der Waals surface area contributed by atoms with Crippen LogP contribution in [0.5, 0.6) is 0 Å². The quantitative estimate of drug-likeness (QED) is 0.321. The Morgan fingerprint density at radius 1 is 0.923 bits per heavy atom. The molecule has 1 unspecified atom stereocenters. The molecular formula is C7H14O6. The molecule has 0 bridgehead atoms. The fourth-order valence-corrected chi connectivity index (χ4v) is 1.35. The molecule has 0 saturated carbocycles. The molecule has 1 aliphatic heterocycles. The maximum atomic E-state index is 9.35. The van der Waals surface area contributed by atoms with Crippen LogP contribution in [0.2, 0.25) is 0 Å². The van der Waals surface area contributed by atoms with Crippen LogP contribution in [0.25, 0.3) is 0 Å². The Morgan fingerprint density at radius 2 is 1.54 bits per heavy atom. The minimum Gasteiger partial charge on any atom is -0.396 e. The highest BCUT2D eigenvalue weighted by molar-refractivity contribution is 4.87. The van der Waals surface area contributed by atoms with Gasteiger partial charge in [0.15, 0.2) is 6.29 Å². The van der Waals surface area contributed by atoms with Gasteiger partial charge in [-0.25, -0.2) is 0 Å². The Balaban J connectivity index is 2.66.